The zero-order valence-electron chi connectivity index (χ0n) is 23.5. The summed E-state index contributed by atoms with van der Waals surface area (Å²) in [7, 11) is -4.07. The number of carbonyl (C=O) groups excluding carboxylic acids is 2. The Morgan fingerprint density at radius 1 is 0.897 bits per heavy atom. The number of benzene rings is 3. The van der Waals surface area contributed by atoms with Crippen LogP contribution in [0, 0.1) is 20.8 Å². The molecule has 3 aromatic rings. The zero-order valence-corrected chi connectivity index (χ0v) is 24.3. The third kappa shape index (κ3) is 7.69. The highest BCUT2D eigenvalue weighted by atomic mass is 32.2. The van der Waals surface area contributed by atoms with Gasteiger partial charge < -0.3 is 10.2 Å². The van der Waals surface area contributed by atoms with E-state index in [1.807, 2.05) is 58.0 Å². The summed E-state index contributed by atoms with van der Waals surface area (Å²) in [6.07, 6.45) is 1.77. The van der Waals surface area contributed by atoms with Gasteiger partial charge in [0, 0.05) is 13.1 Å². The molecule has 0 heterocycles. The van der Waals surface area contributed by atoms with E-state index in [1.165, 1.54) is 17.0 Å². The van der Waals surface area contributed by atoms with E-state index in [4.69, 9.17) is 0 Å². The Morgan fingerprint density at radius 3 is 2.26 bits per heavy atom. The molecule has 7 nitrogen and oxygen atoms in total. The number of unbranched alkanes of at least 4 members (excludes halogenated alkanes) is 1. The van der Waals surface area contributed by atoms with Crippen molar-refractivity contribution in [1.82, 2.24) is 10.2 Å². The normalized spacial score (nSPS) is 12.0. The summed E-state index contributed by atoms with van der Waals surface area (Å²) in [5.41, 5.74) is 4.21. The Kier molecular flexibility index (Phi) is 10.3. The van der Waals surface area contributed by atoms with Gasteiger partial charge in [-0.2, -0.15) is 0 Å². The second kappa shape index (κ2) is 13.4. The highest BCUT2D eigenvalue weighted by molar-refractivity contribution is 7.92. The fourth-order valence-corrected chi connectivity index (χ4v) is 5.68. The summed E-state index contributed by atoms with van der Waals surface area (Å²) in [4.78, 5) is 28.6. The lowest BCUT2D eigenvalue weighted by Crippen LogP contribution is -2.51. The van der Waals surface area contributed by atoms with Crippen molar-refractivity contribution < 1.29 is 18.0 Å². The number of nitrogens with one attached hydrogen (secondary N) is 1. The molecule has 208 valence electrons. The predicted octanol–water partition coefficient (Wildman–Crippen LogP) is 5.14. The zero-order chi connectivity index (χ0) is 28.6. The van der Waals surface area contributed by atoms with E-state index in [0.717, 1.165) is 39.4 Å². The van der Waals surface area contributed by atoms with Crippen LogP contribution in [-0.2, 0) is 26.2 Å². The Labute approximate surface area is 232 Å². The first kappa shape index (κ1) is 29.9. The van der Waals surface area contributed by atoms with E-state index in [-0.39, 0.29) is 17.3 Å². The van der Waals surface area contributed by atoms with Crippen LogP contribution >= 0.6 is 0 Å². The molecule has 0 bridgehead atoms. The molecule has 2 amide bonds. The van der Waals surface area contributed by atoms with Crippen molar-refractivity contribution in [2.75, 3.05) is 17.4 Å². The second-order valence-corrected chi connectivity index (χ2v) is 11.8. The fraction of sp³-hybridized carbons (Fsp3) is 0.355. The number of carbonyl (C=O) groups is 2. The van der Waals surface area contributed by atoms with Crippen LogP contribution in [0.2, 0.25) is 0 Å². The van der Waals surface area contributed by atoms with Crippen molar-refractivity contribution >= 4 is 27.5 Å². The number of sulfonamides is 1. The number of rotatable bonds is 12. The van der Waals surface area contributed by atoms with Gasteiger partial charge in [-0.05, 0) is 75.1 Å². The molecule has 3 aromatic carbocycles. The second-order valence-electron chi connectivity index (χ2n) is 9.92. The molecule has 3 rings (SSSR count). The van der Waals surface area contributed by atoms with Gasteiger partial charge in [0.05, 0.1) is 10.6 Å². The first-order chi connectivity index (χ1) is 18.5. The summed E-state index contributed by atoms with van der Waals surface area (Å²) in [5.74, 6) is -0.736. The van der Waals surface area contributed by atoms with E-state index >= 15 is 0 Å². The number of hydrogen-bond acceptors (Lipinski definition) is 4. The van der Waals surface area contributed by atoms with Crippen LogP contribution < -0.4 is 9.62 Å². The standard InChI is InChI=1S/C31H39N3O4S/c1-6-7-18-32-31(36)26(5)33(21-27-13-11-12-23(2)19-27)30(35)22-34(28-17-16-24(3)25(4)20-28)39(37,38)29-14-9-8-10-15-29/h8-17,19-20,26H,6-7,18,21-22H2,1-5H3,(H,32,36)/t26-/m0/s1. The van der Waals surface area contributed by atoms with Gasteiger partial charge in [-0.15, -0.1) is 0 Å². The van der Waals surface area contributed by atoms with Crippen molar-refractivity contribution in [3.8, 4) is 0 Å². The minimum atomic E-state index is -4.07. The number of aryl methyl sites for hydroxylation is 3. The summed E-state index contributed by atoms with van der Waals surface area (Å²) in [6, 6.07) is 20.3. The van der Waals surface area contributed by atoms with E-state index < -0.39 is 28.5 Å². The molecule has 0 aliphatic carbocycles. The molecule has 0 saturated heterocycles. The Morgan fingerprint density at radius 2 is 1.62 bits per heavy atom. The monoisotopic (exact) mass is 549 g/mol. The van der Waals surface area contributed by atoms with Crippen molar-refractivity contribution in [2.45, 2.75) is 64.9 Å². The maximum atomic E-state index is 14.0. The number of amides is 2. The molecule has 0 fully saturated rings. The van der Waals surface area contributed by atoms with Crippen LogP contribution in [0.15, 0.2) is 77.7 Å². The van der Waals surface area contributed by atoms with Crippen LogP contribution in [0.1, 0.15) is 48.9 Å². The van der Waals surface area contributed by atoms with Crippen LogP contribution in [-0.4, -0.2) is 44.3 Å². The lowest BCUT2D eigenvalue weighted by atomic mass is 10.1. The Hall–Kier alpha value is -3.65. The lowest BCUT2D eigenvalue weighted by molar-refractivity contribution is -0.139. The van der Waals surface area contributed by atoms with Crippen molar-refractivity contribution in [2.24, 2.45) is 0 Å². The molecule has 0 spiro atoms. The molecule has 8 heteroatoms. The van der Waals surface area contributed by atoms with Gasteiger partial charge in [0.15, 0.2) is 0 Å². The average molecular weight is 550 g/mol. The van der Waals surface area contributed by atoms with E-state index in [2.05, 4.69) is 5.32 Å². The molecular weight excluding hydrogens is 510 g/mol. The topological polar surface area (TPSA) is 86.8 Å². The SMILES string of the molecule is CCCCNC(=O)[C@H](C)N(Cc1cccc(C)c1)C(=O)CN(c1ccc(C)c(C)c1)S(=O)(=O)c1ccccc1. The lowest BCUT2D eigenvalue weighted by Gasteiger charge is -2.32. The van der Waals surface area contributed by atoms with Crippen LogP contribution in [0.5, 0.6) is 0 Å². The minimum Gasteiger partial charge on any atom is -0.354 e. The molecule has 0 radical (unpaired) electrons. The van der Waals surface area contributed by atoms with Gasteiger partial charge in [0.1, 0.15) is 12.6 Å². The maximum absolute atomic E-state index is 14.0. The van der Waals surface area contributed by atoms with Crippen LogP contribution in [0.3, 0.4) is 0 Å². The maximum Gasteiger partial charge on any atom is 0.264 e. The van der Waals surface area contributed by atoms with Crippen LogP contribution in [0.25, 0.3) is 0 Å². The molecule has 0 aliphatic rings. The molecule has 1 atom stereocenters. The number of anilines is 1. The summed E-state index contributed by atoms with van der Waals surface area (Å²) in [6.45, 7) is 9.78. The smallest absolute Gasteiger partial charge is 0.264 e. The van der Waals surface area contributed by atoms with E-state index in [9.17, 15) is 18.0 Å². The van der Waals surface area contributed by atoms with Crippen molar-refractivity contribution in [3.05, 3.63) is 95.1 Å². The largest absolute Gasteiger partial charge is 0.354 e. The predicted molar refractivity (Wildman–Crippen MR) is 156 cm³/mol. The molecule has 39 heavy (non-hydrogen) atoms. The minimum absolute atomic E-state index is 0.0895. The first-order valence-electron chi connectivity index (χ1n) is 13.3. The molecule has 0 saturated carbocycles. The molecular formula is C31H39N3O4S. The summed E-state index contributed by atoms with van der Waals surface area (Å²) in [5, 5.41) is 2.91. The molecule has 0 aliphatic heterocycles. The Bertz CT molecular complexity index is 1390. The van der Waals surface area contributed by atoms with Gasteiger partial charge in [0.25, 0.3) is 10.0 Å². The van der Waals surface area contributed by atoms with Crippen LogP contribution in [0.4, 0.5) is 5.69 Å². The summed E-state index contributed by atoms with van der Waals surface area (Å²) < 4.78 is 28.8. The number of nitrogens with zero attached hydrogens (tertiary/aromatic N) is 2. The van der Waals surface area contributed by atoms with Gasteiger partial charge >= 0.3 is 0 Å². The van der Waals surface area contributed by atoms with Crippen molar-refractivity contribution in [1.29, 1.82) is 0 Å². The molecule has 0 unspecified atom stereocenters. The number of hydrogen-bond donors (Lipinski definition) is 1. The fourth-order valence-electron chi connectivity index (χ4n) is 4.26. The van der Waals surface area contributed by atoms with E-state index in [1.54, 1.807) is 37.3 Å². The van der Waals surface area contributed by atoms with Crippen molar-refractivity contribution in [3.63, 3.8) is 0 Å². The highest BCUT2D eigenvalue weighted by Gasteiger charge is 2.32. The van der Waals surface area contributed by atoms with Gasteiger partial charge in [-0.25, -0.2) is 8.42 Å². The van der Waals surface area contributed by atoms with Gasteiger partial charge in [-0.3, -0.25) is 13.9 Å². The Balaban J connectivity index is 2.01. The average Bonchev–Trinajstić information content (AvgIpc) is 2.92. The summed E-state index contributed by atoms with van der Waals surface area (Å²) >= 11 is 0. The van der Waals surface area contributed by atoms with Gasteiger partial charge in [-0.1, -0.05) is 67.4 Å². The molecule has 0 aromatic heterocycles. The highest BCUT2D eigenvalue weighted by Crippen LogP contribution is 2.26. The van der Waals surface area contributed by atoms with Gasteiger partial charge in [0.2, 0.25) is 11.8 Å². The third-order valence-corrected chi connectivity index (χ3v) is 8.61. The quantitative estimate of drug-likeness (QED) is 0.317. The first-order valence-corrected chi connectivity index (χ1v) is 14.8. The molecule has 1 N–H and O–H groups in total. The third-order valence-electron chi connectivity index (χ3n) is 6.82. The van der Waals surface area contributed by atoms with E-state index in [0.29, 0.717) is 12.2 Å².